The van der Waals surface area contributed by atoms with Gasteiger partial charge in [-0.15, -0.1) is 0 Å². The van der Waals surface area contributed by atoms with Crippen LogP contribution in [0.15, 0.2) is 30.4 Å². The van der Waals surface area contributed by atoms with Crippen molar-refractivity contribution in [1.82, 2.24) is 5.32 Å². The van der Waals surface area contributed by atoms with Crippen LogP contribution in [-0.2, 0) is 9.59 Å². The van der Waals surface area contributed by atoms with Crippen molar-refractivity contribution in [1.29, 1.82) is 0 Å². The highest BCUT2D eigenvalue weighted by Crippen LogP contribution is 2.21. The number of nitrogens with one attached hydrogen (secondary N) is 2. The number of anilines is 1. The van der Waals surface area contributed by atoms with Crippen LogP contribution in [0.2, 0.25) is 0 Å². The molecule has 7 heteroatoms. The van der Waals surface area contributed by atoms with E-state index < -0.39 is 17.9 Å². The Kier molecular flexibility index (Phi) is 5.28. The molecule has 0 saturated heterocycles. The Morgan fingerprint density at radius 2 is 1.95 bits per heavy atom. The van der Waals surface area contributed by atoms with Crippen LogP contribution in [0.1, 0.15) is 5.56 Å². The van der Waals surface area contributed by atoms with Gasteiger partial charge >= 0.3 is 12.0 Å². The van der Waals surface area contributed by atoms with Gasteiger partial charge in [0.1, 0.15) is 5.75 Å². The molecule has 7 nitrogen and oxygen atoms in total. The minimum atomic E-state index is -1.27. The summed E-state index contributed by atoms with van der Waals surface area (Å²) in [5, 5.41) is 12.7. The zero-order valence-corrected chi connectivity index (χ0v) is 11.0. The molecule has 0 bridgehead atoms. The Bertz CT molecular complexity index is 566. The van der Waals surface area contributed by atoms with Gasteiger partial charge in [0.25, 0.3) is 5.91 Å². The number of urea groups is 1. The number of rotatable bonds is 4. The second-order valence-electron chi connectivity index (χ2n) is 3.80. The molecular weight excluding hydrogens is 264 g/mol. The number of carbonyl (C=O) groups is 3. The van der Waals surface area contributed by atoms with E-state index in [4.69, 9.17) is 9.84 Å². The van der Waals surface area contributed by atoms with E-state index in [-0.39, 0.29) is 0 Å². The Morgan fingerprint density at radius 3 is 2.50 bits per heavy atom. The Hall–Kier alpha value is -2.83. The monoisotopic (exact) mass is 278 g/mol. The molecule has 0 aliphatic carbocycles. The minimum Gasteiger partial charge on any atom is -0.496 e. The first-order valence-electron chi connectivity index (χ1n) is 5.60. The first kappa shape index (κ1) is 15.2. The van der Waals surface area contributed by atoms with Crippen LogP contribution in [0.4, 0.5) is 10.5 Å². The van der Waals surface area contributed by atoms with Crippen molar-refractivity contribution < 1.29 is 24.2 Å². The summed E-state index contributed by atoms with van der Waals surface area (Å²) < 4.78 is 5.08. The molecular formula is C13H14N2O5. The number of hydrogen-bond acceptors (Lipinski definition) is 4. The zero-order valence-electron chi connectivity index (χ0n) is 11.0. The Morgan fingerprint density at radius 1 is 1.25 bits per heavy atom. The summed E-state index contributed by atoms with van der Waals surface area (Å²) in [6.07, 6.45) is 1.39. The highest BCUT2D eigenvalue weighted by molar-refractivity contribution is 6.06. The van der Waals surface area contributed by atoms with Crippen LogP contribution in [0.5, 0.6) is 5.75 Å². The van der Waals surface area contributed by atoms with Gasteiger partial charge in [-0.2, -0.15) is 0 Å². The fourth-order valence-corrected chi connectivity index (χ4v) is 1.42. The quantitative estimate of drug-likeness (QED) is 0.720. The number of aliphatic carboxylic acids is 1. The summed E-state index contributed by atoms with van der Waals surface area (Å²) in [5.41, 5.74) is 1.30. The summed E-state index contributed by atoms with van der Waals surface area (Å²) in [7, 11) is 1.54. The Balaban J connectivity index is 2.60. The lowest BCUT2D eigenvalue weighted by Crippen LogP contribution is -2.33. The van der Waals surface area contributed by atoms with E-state index in [1.165, 1.54) is 7.11 Å². The van der Waals surface area contributed by atoms with Gasteiger partial charge < -0.3 is 15.2 Å². The van der Waals surface area contributed by atoms with Gasteiger partial charge in [0.05, 0.1) is 7.11 Å². The number of aryl methyl sites for hydroxylation is 1. The van der Waals surface area contributed by atoms with E-state index in [1.807, 2.05) is 12.2 Å². The lowest BCUT2D eigenvalue weighted by atomic mass is 10.2. The van der Waals surface area contributed by atoms with Crippen molar-refractivity contribution >= 4 is 23.6 Å². The molecule has 0 saturated carbocycles. The maximum Gasteiger partial charge on any atom is 0.328 e. The third-order valence-corrected chi connectivity index (χ3v) is 2.27. The summed E-state index contributed by atoms with van der Waals surface area (Å²) in [5.74, 6) is -1.42. The molecule has 0 atom stereocenters. The lowest BCUT2D eigenvalue weighted by molar-refractivity contribution is -0.131. The maximum absolute atomic E-state index is 11.5. The predicted molar refractivity (Wildman–Crippen MR) is 71.7 cm³/mol. The predicted octanol–water partition coefficient (Wildman–Crippen LogP) is 1.29. The third kappa shape index (κ3) is 4.81. The van der Waals surface area contributed by atoms with Gasteiger partial charge in [-0.1, -0.05) is 0 Å². The molecule has 0 aliphatic heterocycles. The maximum atomic E-state index is 11.5. The van der Waals surface area contributed by atoms with Crippen molar-refractivity contribution in [3.63, 3.8) is 0 Å². The largest absolute Gasteiger partial charge is 0.496 e. The molecule has 3 amide bonds. The second-order valence-corrected chi connectivity index (χ2v) is 3.80. The molecule has 1 rings (SSSR count). The number of ether oxygens (including phenoxy) is 1. The van der Waals surface area contributed by atoms with Crippen LogP contribution in [0.25, 0.3) is 0 Å². The molecule has 1 aromatic rings. The molecule has 0 spiro atoms. The van der Waals surface area contributed by atoms with Gasteiger partial charge in [0.15, 0.2) is 0 Å². The van der Waals surface area contributed by atoms with Gasteiger partial charge in [-0.3, -0.25) is 10.1 Å². The molecule has 0 radical (unpaired) electrons. The molecule has 0 aliphatic rings. The number of benzene rings is 1. The van der Waals surface area contributed by atoms with Crippen LogP contribution >= 0.6 is 0 Å². The number of carboxylic acid groups (broad SMARTS) is 1. The number of carboxylic acids is 1. The van der Waals surface area contributed by atoms with Crippen molar-refractivity contribution in [3.8, 4) is 5.75 Å². The number of imide groups is 1. The minimum absolute atomic E-state index is 0.482. The fourth-order valence-electron chi connectivity index (χ4n) is 1.42. The van der Waals surface area contributed by atoms with Crippen molar-refractivity contribution in [2.75, 3.05) is 12.4 Å². The molecule has 3 N–H and O–H groups in total. The zero-order chi connectivity index (χ0) is 15.1. The van der Waals surface area contributed by atoms with Gasteiger partial charge in [0, 0.05) is 17.8 Å². The summed E-state index contributed by atoms with van der Waals surface area (Å²) in [4.78, 5) is 32.9. The van der Waals surface area contributed by atoms with E-state index in [2.05, 4.69) is 5.32 Å². The van der Waals surface area contributed by atoms with E-state index in [9.17, 15) is 14.4 Å². The smallest absolute Gasteiger partial charge is 0.328 e. The molecule has 20 heavy (non-hydrogen) atoms. The first-order valence-corrected chi connectivity index (χ1v) is 5.60. The number of carbonyl (C=O) groups excluding carboxylic acids is 2. The van der Waals surface area contributed by atoms with Gasteiger partial charge in [-0.25, -0.2) is 9.59 Å². The number of amides is 3. The first-order chi connectivity index (χ1) is 9.42. The topological polar surface area (TPSA) is 105 Å². The van der Waals surface area contributed by atoms with Crippen molar-refractivity contribution in [2.24, 2.45) is 0 Å². The van der Waals surface area contributed by atoms with Crippen LogP contribution in [0, 0.1) is 6.92 Å². The van der Waals surface area contributed by atoms with Crippen molar-refractivity contribution in [3.05, 3.63) is 35.9 Å². The number of hydrogen-bond donors (Lipinski definition) is 3. The summed E-state index contributed by atoms with van der Waals surface area (Å²) >= 11 is 0. The standard InChI is InChI=1S/C13H14N2O5/c1-8-7-9(3-4-10(8)20-2)14-13(19)15-11(16)5-6-12(17)18/h3-7H,1-2H3,(H,17,18)(H2,14,15,16,19). The van der Waals surface area contributed by atoms with Gasteiger partial charge in [-0.05, 0) is 30.7 Å². The summed E-state index contributed by atoms with van der Waals surface area (Å²) in [6, 6.07) is 4.21. The highest BCUT2D eigenvalue weighted by Gasteiger charge is 2.07. The second kappa shape index (κ2) is 6.93. The van der Waals surface area contributed by atoms with Crippen LogP contribution in [-0.4, -0.2) is 30.1 Å². The molecule has 0 fully saturated rings. The average Bonchev–Trinajstić information content (AvgIpc) is 2.36. The third-order valence-electron chi connectivity index (χ3n) is 2.27. The van der Waals surface area contributed by atoms with E-state index in [0.29, 0.717) is 17.5 Å². The number of methoxy groups -OCH3 is 1. The Labute approximate surface area is 115 Å². The molecule has 0 aromatic heterocycles. The molecule has 1 aromatic carbocycles. The van der Waals surface area contributed by atoms with Gasteiger partial charge in [0.2, 0.25) is 0 Å². The molecule has 0 heterocycles. The van der Waals surface area contributed by atoms with E-state index in [0.717, 1.165) is 11.6 Å². The van der Waals surface area contributed by atoms with Crippen LogP contribution in [0.3, 0.4) is 0 Å². The molecule has 0 unspecified atom stereocenters. The summed E-state index contributed by atoms with van der Waals surface area (Å²) in [6.45, 7) is 1.81. The average molecular weight is 278 g/mol. The SMILES string of the molecule is COc1ccc(NC(=O)NC(=O)C=CC(=O)O)cc1C. The molecule has 106 valence electrons. The lowest BCUT2D eigenvalue weighted by Gasteiger charge is -2.08. The fraction of sp³-hybridized carbons (Fsp3) is 0.154. The van der Waals surface area contributed by atoms with E-state index in [1.54, 1.807) is 18.2 Å². The van der Waals surface area contributed by atoms with Crippen molar-refractivity contribution in [2.45, 2.75) is 6.92 Å². The highest BCUT2D eigenvalue weighted by atomic mass is 16.5. The van der Waals surface area contributed by atoms with E-state index >= 15 is 0 Å². The normalized spacial score (nSPS) is 10.1. The van der Waals surface area contributed by atoms with Crippen LogP contribution < -0.4 is 15.4 Å².